The van der Waals surface area contributed by atoms with Crippen molar-refractivity contribution in [2.45, 2.75) is 47.2 Å². The number of aromatic nitrogens is 1. The van der Waals surface area contributed by atoms with Gasteiger partial charge in [-0.15, -0.1) is 0 Å². The van der Waals surface area contributed by atoms with Gasteiger partial charge in [-0.05, 0) is 45.4 Å². The first kappa shape index (κ1) is 20.5. The number of esters is 1. The van der Waals surface area contributed by atoms with Crippen LogP contribution in [0.2, 0.25) is 0 Å². The van der Waals surface area contributed by atoms with E-state index in [0.29, 0.717) is 28.3 Å². The van der Waals surface area contributed by atoms with Gasteiger partial charge < -0.3 is 18.6 Å². The molecule has 0 radical (unpaired) electrons. The van der Waals surface area contributed by atoms with Crippen LogP contribution in [0.25, 0.3) is 0 Å². The Morgan fingerprint density at radius 3 is 2.48 bits per heavy atom. The molecule has 1 amide bonds. The second-order valence-corrected chi connectivity index (χ2v) is 6.48. The van der Waals surface area contributed by atoms with Crippen molar-refractivity contribution in [3.8, 4) is 0 Å². The van der Waals surface area contributed by atoms with E-state index >= 15 is 0 Å². The number of Topliss-reactive ketones (excluding diaryl/α,β-unsaturated/α-hetero) is 1. The van der Waals surface area contributed by atoms with E-state index in [9.17, 15) is 14.4 Å². The van der Waals surface area contributed by atoms with Gasteiger partial charge in [0.1, 0.15) is 11.5 Å². The molecule has 7 nitrogen and oxygen atoms in total. The Labute approximate surface area is 158 Å². The molecule has 0 saturated carbocycles. The number of hydrogen-bond acceptors (Lipinski definition) is 5. The molecule has 0 aromatic carbocycles. The third-order valence-electron chi connectivity index (χ3n) is 4.80. The van der Waals surface area contributed by atoms with E-state index in [4.69, 9.17) is 9.15 Å². The number of ketones is 1. The van der Waals surface area contributed by atoms with Crippen molar-refractivity contribution in [1.82, 2.24) is 9.47 Å². The third kappa shape index (κ3) is 3.97. The van der Waals surface area contributed by atoms with Gasteiger partial charge in [0.2, 0.25) is 5.91 Å². The minimum absolute atomic E-state index is 0.199. The zero-order valence-electron chi connectivity index (χ0n) is 16.7. The number of ether oxygens (including phenoxy) is 1. The molecule has 2 aromatic heterocycles. The van der Waals surface area contributed by atoms with Gasteiger partial charge in [-0.25, -0.2) is 4.79 Å². The molecule has 0 unspecified atom stereocenters. The highest BCUT2D eigenvalue weighted by atomic mass is 16.5. The van der Waals surface area contributed by atoms with Crippen LogP contribution in [0, 0.1) is 13.8 Å². The van der Waals surface area contributed by atoms with Crippen LogP contribution < -0.4 is 0 Å². The molecule has 0 N–H and O–H groups in total. The van der Waals surface area contributed by atoms with E-state index in [-0.39, 0.29) is 24.8 Å². The van der Waals surface area contributed by atoms with E-state index in [1.165, 1.54) is 18.1 Å². The van der Waals surface area contributed by atoms with Crippen LogP contribution in [0.4, 0.5) is 0 Å². The fourth-order valence-electron chi connectivity index (χ4n) is 3.27. The largest absolute Gasteiger partial charge is 0.467 e. The summed E-state index contributed by atoms with van der Waals surface area (Å²) in [6.45, 7) is 8.79. The van der Waals surface area contributed by atoms with E-state index in [2.05, 4.69) is 0 Å². The van der Waals surface area contributed by atoms with Crippen LogP contribution >= 0.6 is 0 Å². The molecule has 0 spiro atoms. The lowest BCUT2D eigenvalue weighted by molar-refractivity contribution is -0.131. The van der Waals surface area contributed by atoms with E-state index < -0.39 is 12.0 Å². The first-order valence-corrected chi connectivity index (χ1v) is 8.87. The van der Waals surface area contributed by atoms with Crippen molar-refractivity contribution < 1.29 is 23.5 Å². The van der Waals surface area contributed by atoms with E-state index in [1.54, 1.807) is 51.4 Å². The Hall–Kier alpha value is -2.83. The molecule has 2 heterocycles. The number of carbonyl (C=O) groups is 3. The van der Waals surface area contributed by atoms with Crippen molar-refractivity contribution in [2.75, 3.05) is 6.61 Å². The zero-order valence-corrected chi connectivity index (χ0v) is 16.7. The number of hydrogen-bond donors (Lipinski definition) is 0. The Bertz CT molecular complexity index is 848. The molecule has 2 rings (SSSR count). The molecule has 2 aromatic rings. The summed E-state index contributed by atoms with van der Waals surface area (Å²) >= 11 is 0. The molecule has 1 atom stereocenters. The van der Waals surface area contributed by atoms with Gasteiger partial charge in [0.15, 0.2) is 5.78 Å². The van der Waals surface area contributed by atoms with Crippen molar-refractivity contribution in [3.05, 3.63) is 46.7 Å². The Balaban J connectivity index is 2.39. The molecule has 0 aliphatic rings. The van der Waals surface area contributed by atoms with E-state index in [0.717, 1.165) is 0 Å². The molecule has 0 fully saturated rings. The summed E-state index contributed by atoms with van der Waals surface area (Å²) < 4.78 is 12.1. The third-order valence-corrected chi connectivity index (χ3v) is 4.80. The SMILES string of the molecule is CCOC(=O)c1c(C)c(C(=O)[C@H](C)N(Cc2ccco2)C(C)=O)c(C)n1C. The van der Waals surface area contributed by atoms with Gasteiger partial charge in [-0.3, -0.25) is 9.59 Å². The maximum atomic E-state index is 13.2. The molecule has 7 heteroatoms. The van der Waals surface area contributed by atoms with Crippen LogP contribution in [-0.2, 0) is 23.1 Å². The van der Waals surface area contributed by atoms with Crippen molar-refractivity contribution in [1.29, 1.82) is 0 Å². The zero-order chi connectivity index (χ0) is 20.3. The fraction of sp³-hybridized carbons (Fsp3) is 0.450. The molecular weight excluding hydrogens is 348 g/mol. The van der Waals surface area contributed by atoms with Crippen molar-refractivity contribution >= 4 is 17.7 Å². The average Bonchev–Trinajstić information content (AvgIpc) is 3.19. The highest BCUT2D eigenvalue weighted by Gasteiger charge is 2.31. The van der Waals surface area contributed by atoms with Gasteiger partial charge in [0.25, 0.3) is 0 Å². The van der Waals surface area contributed by atoms with Gasteiger partial charge in [-0.1, -0.05) is 0 Å². The lowest BCUT2D eigenvalue weighted by Gasteiger charge is -2.26. The van der Waals surface area contributed by atoms with Crippen LogP contribution in [0.1, 0.15) is 58.6 Å². The minimum Gasteiger partial charge on any atom is -0.467 e. The maximum absolute atomic E-state index is 13.2. The number of nitrogens with zero attached hydrogens (tertiary/aromatic N) is 2. The maximum Gasteiger partial charge on any atom is 0.355 e. The topological polar surface area (TPSA) is 81.8 Å². The molecule has 0 aliphatic heterocycles. The second kappa shape index (κ2) is 8.24. The van der Waals surface area contributed by atoms with Gasteiger partial charge in [-0.2, -0.15) is 0 Å². The number of carbonyl (C=O) groups excluding carboxylic acids is 3. The predicted molar refractivity (Wildman–Crippen MR) is 99.6 cm³/mol. The molecule has 0 saturated heterocycles. The van der Waals surface area contributed by atoms with Crippen LogP contribution in [0.3, 0.4) is 0 Å². The highest BCUT2D eigenvalue weighted by molar-refractivity contribution is 6.06. The first-order chi connectivity index (χ1) is 12.7. The van der Waals surface area contributed by atoms with Crippen molar-refractivity contribution in [2.24, 2.45) is 7.05 Å². The van der Waals surface area contributed by atoms with Gasteiger partial charge in [0.05, 0.1) is 25.5 Å². The van der Waals surface area contributed by atoms with E-state index in [1.807, 2.05) is 0 Å². The monoisotopic (exact) mass is 374 g/mol. The molecule has 27 heavy (non-hydrogen) atoms. The summed E-state index contributed by atoms with van der Waals surface area (Å²) in [6.07, 6.45) is 1.53. The quantitative estimate of drug-likeness (QED) is 0.550. The summed E-state index contributed by atoms with van der Waals surface area (Å²) in [7, 11) is 1.72. The summed E-state index contributed by atoms with van der Waals surface area (Å²) in [6, 6.07) is 2.78. The summed E-state index contributed by atoms with van der Waals surface area (Å²) in [5.41, 5.74) is 2.02. The standard InChI is InChI=1S/C20H26N2O5/c1-7-26-20(25)18-12(2)17(13(3)21(18)6)19(24)14(4)22(15(5)23)11-16-9-8-10-27-16/h8-10,14H,7,11H2,1-6H3/t14-/m0/s1. The van der Waals surface area contributed by atoms with Crippen LogP contribution in [0.15, 0.2) is 22.8 Å². The molecule has 146 valence electrons. The summed E-state index contributed by atoms with van der Waals surface area (Å²) in [5, 5.41) is 0. The fourth-order valence-corrected chi connectivity index (χ4v) is 3.27. The highest BCUT2D eigenvalue weighted by Crippen LogP contribution is 2.25. The molecule has 0 bridgehead atoms. The Morgan fingerprint density at radius 1 is 1.30 bits per heavy atom. The lowest BCUT2D eigenvalue weighted by atomic mass is 9.99. The second-order valence-electron chi connectivity index (χ2n) is 6.48. The number of furan rings is 1. The lowest BCUT2D eigenvalue weighted by Crippen LogP contribution is -2.41. The molecular formula is C20H26N2O5. The smallest absolute Gasteiger partial charge is 0.355 e. The Morgan fingerprint density at radius 2 is 1.96 bits per heavy atom. The minimum atomic E-state index is -0.706. The predicted octanol–water partition coefficient (Wildman–Crippen LogP) is 3.03. The van der Waals surface area contributed by atoms with Gasteiger partial charge >= 0.3 is 5.97 Å². The number of amides is 1. The normalized spacial score (nSPS) is 11.9. The van der Waals surface area contributed by atoms with Crippen molar-refractivity contribution in [3.63, 3.8) is 0 Å². The Kier molecular flexibility index (Phi) is 6.25. The summed E-state index contributed by atoms with van der Waals surface area (Å²) in [4.78, 5) is 39.1. The van der Waals surface area contributed by atoms with Crippen LogP contribution in [-0.4, -0.2) is 39.8 Å². The average molecular weight is 374 g/mol. The van der Waals surface area contributed by atoms with Gasteiger partial charge in [0, 0.05) is 25.2 Å². The summed E-state index contributed by atoms with van der Waals surface area (Å²) in [5.74, 6) is -0.327. The van der Waals surface area contributed by atoms with Crippen LogP contribution in [0.5, 0.6) is 0 Å². The molecule has 0 aliphatic carbocycles. The number of rotatable bonds is 7. The first-order valence-electron chi connectivity index (χ1n) is 8.87.